The Hall–Kier alpha value is -1.62. The van der Waals surface area contributed by atoms with Gasteiger partial charge in [0.05, 0.1) is 17.4 Å². The molecule has 4 aliphatic carbocycles. The second kappa shape index (κ2) is 3.96. The van der Waals surface area contributed by atoms with Crippen molar-refractivity contribution in [3.63, 3.8) is 0 Å². The van der Waals surface area contributed by atoms with E-state index in [0.29, 0.717) is 25.7 Å². The number of hydrogen-bond donors (Lipinski definition) is 2. The lowest BCUT2D eigenvalue weighted by Gasteiger charge is -2.44. The van der Waals surface area contributed by atoms with Crippen molar-refractivity contribution in [2.45, 2.75) is 44.3 Å². The summed E-state index contributed by atoms with van der Waals surface area (Å²) in [5.74, 6) is -2.28. The molecule has 24 heavy (non-hydrogen) atoms. The fourth-order valence-electron chi connectivity index (χ4n) is 7.14. The zero-order valence-electron chi connectivity index (χ0n) is 13.7. The van der Waals surface area contributed by atoms with Gasteiger partial charge in [0.25, 0.3) is 0 Å². The lowest BCUT2D eigenvalue weighted by Crippen LogP contribution is -2.46. The zero-order chi connectivity index (χ0) is 17.1. The molecule has 5 heteroatoms. The molecular formula is C19H22O5. The molecule has 128 valence electrons. The summed E-state index contributed by atoms with van der Waals surface area (Å²) in [5.41, 5.74) is -1.14. The van der Waals surface area contributed by atoms with Crippen LogP contribution >= 0.6 is 0 Å². The van der Waals surface area contributed by atoms with E-state index in [1.165, 1.54) is 0 Å². The molecule has 1 heterocycles. The number of hydrogen-bond acceptors (Lipinski definition) is 4. The molecule has 0 aromatic rings. The molecule has 0 radical (unpaired) electrons. The monoisotopic (exact) mass is 330 g/mol. The number of esters is 1. The molecule has 0 amide bonds. The van der Waals surface area contributed by atoms with Crippen molar-refractivity contribution in [2.75, 3.05) is 0 Å². The van der Waals surface area contributed by atoms with Gasteiger partial charge in [-0.3, -0.25) is 9.59 Å². The van der Waals surface area contributed by atoms with Crippen LogP contribution < -0.4 is 0 Å². The molecule has 5 nitrogen and oxygen atoms in total. The van der Waals surface area contributed by atoms with Gasteiger partial charge in [0.15, 0.2) is 0 Å². The van der Waals surface area contributed by atoms with Gasteiger partial charge in [-0.15, -0.1) is 0 Å². The van der Waals surface area contributed by atoms with Crippen LogP contribution in [-0.2, 0) is 14.3 Å². The SMILES string of the molecule is C=C1CC23CC1C(O)CC2C12C=CCC(C)(C(=O)O1)C2C3C(=O)O. The lowest BCUT2D eigenvalue weighted by atomic mass is 9.62. The average Bonchev–Trinajstić information content (AvgIpc) is 2.96. The predicted octanol–water partition coefficient (Wildman–Crippen LogP) is 1.91. The van der Waals surface area contributed by atoms with Crippen LogP contribution in [0.4, 0.5) is 0 Å². The molecule has 8 unspecified atom stereocenters. The molecule has 3 saturated carbocycles. The van der Waals surface area contributed by atoms with Crippen molar-refractivity contribution in [1.82, 2.24) is 0 Å². The van der Waals surface area contributed by atoms with Crippen LogP contribution in [0.5, 0.6) is 0 Å². The predicted molar refractivity (Wildman–Crippen MR) is 83.7 cm³/mol. The van der Waals surface area contributed by atoms with Gasteiger partial charge in [-0.05, 0) is 44.1 Å². The van der Waals surface area contributed by atoms with E-state index < -0.39 is 34.4 Å². The maximum atomic E-state index is 12.6. The Kier molecular flexibility index (Phi) is 2.42. The minimum Gasteiger partial charge on any atom is -0.481 e. The second-order valence-corrected chi connectivity index (χ2v) is 8.80. The smallest absolute Gasteiger partial charge is 0.313 e. The highest BCUT2D eigenvalue weighted by Gasteiger charge is 2.81. The minimum atomic E-state index is -0.871. The van der Waals surface area contributed by atoms with Crippen molar-refractivity contribution < 1.29 is 24.5 Å². The van der Waals surface area contributed by atoms with Crippen molar-refractivity contribution in [1.29, 1.82) is 0 Å². The average molecular weight is 330 g/mol. The molecule has 8 atom stereocenters. The largest absolute Gasteiger partial charge is 0.481 e. The van der Waals surface area contributed by atoms with Crippen molar-refractivity contribution in [2.24, 2.45) is 34.5 Å². The van der Waals surface area contributed by atoms with Gasteiger partial charge < -0.3 is 14.9 Å². The Bertz CT molecular complexity index is 725. The molecule has 1 spiro atoms. The van der Waals surface area contributed by atoms with E-state index in [1.807, 2.05) is 19.1 Å². The maximum absolute atomic E-state index is 12.6. The number of aliphatic hydroxyl groups is 1. The second-order valence-electron chi connectivity index (χ2n) is 8.80. The Morgan fingerprint density at radius 3 is 2.92 bits per heavy atom. The first-order valence-electron chi connectivity index (χ1n) is 8.76. The number of allylic oxidation sites excluding steroid dienone is 1. The highest BCUT2D eigenvalue weighted by molar-refractivity contribution is 5.85. The molecule has 1 saturated heterocycles. The van der Waals surface area contributed by atoms with Gasteiger partial charge in [0, 0.05) is 17.8 Å². The first kappa shape index (κ1) is 14.7. The minimum absolute atomic E-state index is 0.0225. The van der Waals surface area contributed by atoms with Gasteiger partial charge in [0.2, 0.25) is 0 Å². The highest BCUT2D eigenvalue weighted by atomic mass is 16.6. The fourth-order valence-corrected chi connectivity index (χ4v) is 7.14. The summed E-state index contributed by atoms with van der Waals surface area (Å²) in [6.07, 6.45) is 5.66. The number of carboxylic acid groups (broad SMARTS) is 1. The third-order valence-electron chi connectivity index (χ3n) is 7.91. The number of rotatable bonds is 1. The quantitative estimate of drug-likeness (QED) is 0.567. The van der Waals surface area contributed by atoms with Crippen LogP contribution in [0.2, 0.25) is 0 Å². The summed E-state index contributed by atoms with van der Waals surface area (Å²) in [6.45, 7) is 5.98. The molecule has 4 fully saturated rings. The number of ether oxygens (including phenoxy) is 1. The van der Waals surface area contributed by atoms with Crippen LogP contribution in [-0.4, -0.2) is 33.9 Å². The Morgan fingerprint density at radius 2 is 2.21 bits per heavy atom. The van der Waals surface area contributed by atoms with Crippen molar-refractivity contribution >= 4 is 11.9 Å². The summed E-state index contributed by atoms with van der Waals surface area (Å²) >= 11 is 0. The van der Waals surface area contributed by atoms with E-state index in [0.717, 1.165) is 5.57 Å². The topological polar surface area (TPSA) is 83.8 Å². The number of aliphatic hydroxyl groups excluding tert-OH is 1. The van der Waals surface area contributed by atoms with Gasteiger partial charge in [-0.1, -0.05) is 18.2 Å². The van der Waals surface area contributed by atoms with E-state index in [1.54, 1.807) is 0 Å². The third kappa shape index (κ3) is 1.28. The molecule has 5 rings (SSSR count). The van der Waals surface area contributed by atoms with E-state index in [9.17, 15) is 19.8 Å². The van der Waals surface area contributed by atoms with Crippen LogP contribution in [0.1, 0.15) is 32.6 Å². The van der Waals surface area contributed by atoms with Gasteiger partial charge in [0.1, 0.15) is 5.60 Å². The van der Waals surface area contributed by atoms with Gasteiger partial charge in [-0.25, -0.2) is 0 Å². The van der Waals surface area contributed by atoms with Gasteiger partial charge in [-0.2, -0.15) is 0 Å². The number of aliphatic carboxylic acids is 1. The van der Waals surface area contributed by atoms with E-state index in [4.69, 9.17) is 4.74 Å². The number of carboxylic acids is 1. The Balaban J connectivity index is 1.78. The standard InChI is InChI=1S/C19H22O5/c1-9-7-18-8-10(9)11(20)6-12(18)19-5-3-4-17(2,16(23)24-19)14(19)13(18)15(21)22/h3,5,10-14,20H,1,4,6-8H2,2H3,(H,21,22). The zero-order valence-corrected chi connectivity index (χ0v) is 13.7. The molecule has 4 bridgehead atoms. The first-order valence-corrected chi connectivity index (χ1v) is 8.76. The molecule has 5 aliphatic rings. The number of fused-ring (bicyclic) bond motifs is 1. The lowest BCUT2D eigenvalue weighted by molar-refractivity contribution is -0.160. The summed E-state index contributed by atoms with van der Waals surface area (Å²) in [4.78, 5) is 25.0. The molecule has 1 aliphatic heterocycles. The van der Waals surface area contributed by atoms with Crippen LogP contribution in [0.15, 0.2) is 24.3 Å². The normalized spacial score (nSPS) is 56.8. The van der Waals surface area contributed by atoms with Crippen LogP contribution in [0.25, 0.3) is 0 Å². The molecule has 0 aromatic heterocycles. The van der Waals surface area contributed by atoms with E-state index in [2.05, 4.69) is 6.58 Å². The number of carbonyl (C=O) groups is 2. The van der Waals surface area contributed by atoms with Crippen molar-refractivity contribution in [3.05, 3.63) is 24.3 Å². The Labute approximate surface area is 140 Å². The van der Waals surface area contributed by atoms with Crippen LogP contribution in [0.3, 0.4) is 0 Å². The highest BCUT2D eigenvalue weighted by Crippen LogP contribution is 2.76. The van der Waals surface area contributed by atoms with Crippen molar-refractivity contribution in [3.8, 4) is 0 Å². The molecular weight excluding hydrogens is 308 g/mol. The summed E-state index contributed by atoms with van der Waals surface area (Å²) in [6, 6.07) is 0. The molecule has 0 aromatic carbocycles. The maximum Gasteiger partial charge on any atom is 0.313 e. The first-order chi connectivity index (χ1) is 11.3. The third-order valence-corrected chi connectivity index (χ3v) is 7.91. The molecule has 2 N–H and O–H groups in total. The summed E-state index contributed by atoms with van der Waals surface area (Å²) < 4.78 is 5.95. The number of carbonyl (C=O) groups excluding carboxylic acids is 1. The summed E-state index contributed by atoms with van der Waals surface area (Å²) in [7, 11) is 0. The van der Waals surface area contributed by atoms with E-state index >= 15 is 0 Å². The van der Waals surface area contributed by atoms with Crippen LogP contribution in [0, 0.1) is 34.5 Å². The fraction of sp³-hybridized carbons (Fsp3) is 0.684. The van der Waals surface area contributed by atoms with E-state index in [-0.39, 0.29) is 23.7 Å². The summed E-state index contributed by atoms with van der Waals surface area (Å²) in [5, 5.41) is 20.7. The van der Waals surface area contributed by atoms with Gasteiger partial charge >= 0.3 is 11.9 Å². The Morgan fingerprint density at radius 1 is 1.46 bits per heavy atom.